The number of aromatic amines is 1. The minimum absolute atomic E-state index is 0.187. The van der Waals surface area contributed by atoms with Gasteiger partial charge in [0.1, 0.15) is 11.6 Å². The van der Waals surface area contributed by atoms with E-state index in [4.69, 9.17) is 10.5 Å². The molecule has 0 atom stereocenters. The number of nitrogens with one attached hydrogen (secondary N) is 1. The van der Waals surface area contributed by atoms with Crippen LogP contribution in [0.25, 0.3) is 11.3 Å². The van der Waals surface area contributed by atoms with Crippen LogP contribution in [0.2, 0.25) is 0 Å². The molecule has 4 nitrogen and oxygen atoms in total. The third-order valence-corrected chi connectivity index (χ3v) is 2.12. The molecule has 0 saturated heterocycles. The summed E-state index contributed by atoms with van der Waals surface area (Å²) in [5.41, 5.74) is 7.43. The molecule has 0 radical (unpaired) electrons. The molecule has 1 aromatic heterocycles. The Morgan fingerprint density at radius 1 is 1.25 bits per heavy atom. The van der Waals surface area contributed by atoms with Crippen LogP contribution in [0.3, 0.4) is 0 Å². The minimum Gasteiger partial charge on any atom is -0.491 e. The third kappa shape index (κ3) is 2.34. The average Bonchev–Trinajstić information content (AvgIpc) is 2.65. The molecule has 2 aromatic rings. The summed E-state index contributed by atoms with van der Waals surface area (Å²) in [6.45, 7) is 4.00. The van der Waals surface area contributed by atoms with E-state index in [0.717, 1.165) is 17.0 Å². The molecule has 0 bridgehead atoms. The van der Waals surface area contributed by atoms with Gasteiger partial charge in [-0.3, -0.25) is 5.10 Å². The van der Waals surface area contributed by atoms with Crippen LogP contribution in [0, 0.1) is 0 Å². The first-order chi connectivity index (χ1) is 7.65. The Kier molecular flexibility index (Phi) is 2.81. The highest BCUT2D eigenvalue weighted by molar-refractivity contribution is 5.62. The van der Waals surface area contributed by atoms with E-state index < -0.39 is 0 Å². The van der Waals surface area contributed by atoms with Gasteiger partial charge >= 0.3 is 0 Å². The zero-order valence-corrected chi connectivity index (χ0v) is 9.40. The van der Waals surface area contributed by atoms with Crippen molar-refractivity contribution in [2.75, 3.05) is 5.73 Å². The lowest BCUT2D eigenvalue weighted by Crippen LogP contribution is -2.05. The maximum Gasteiger partial charge on any atom is 0.119 e. The van der Waals surface area contributed by atoms with Gasteiger partial charge in [-0.2, -0.15) is 5.10 Å². The van der Waals surface area contributed by atoms with Gasteiger partial charge in [-0.15, -0.1) is 0 Å². The highest BCUT2D eigenvalue weighted by Crippen LogP contribution is 2.22. The number of anilines is 1. The van der Waals surface area contributed by atoms with Crippen LogP contribution in [0.5, 0.6) is 5.75 Å². The number of benzene rings is 1. The molecule has 0 fully saturated rings. The van der Waals surface area contributed by atoms with Gasteiger partial charge in [-0.25, -0.2) is 0 Å². The quantitative estimate of drug-likeness (QED) is 0.830. The second kappa shape index (κ2) is 4.26. The van der Waals surface area contributed by atoms with Crippen molar-refractivity contribution >= 4 is 5.82 Å². The van der Waals surface area contributed by atoms with Gasteiger partial charge < -0.3 is 10.5 Å². The standard InChI is InChI=1S/C12H15N3O/c1-8(2)16-10-5-3-9(4-6-10)11-7-12(13)15-14-11/h3-8H,1-2H3,(H3,13,14,15). The van der Waals surface area contributed by atoms with Gasteiger partial charge in [-0.05, 0) is 38.1 Å². The van der Waals surface area contributed by atoms with Gasteiger partial charge in [0.2, 0.25) is 0 Å². The molecule has 1 aromatic carbocycles. The molecule has 0 aliphatic carbocycles. The van der Waals surface area contributed by atoms with Gasteiger partial charge in [-0.1, -0.05) is 0 Å². The van der Waals surface area contributed by atoms with Crippen molar-refractivity contribution in [3.63, 3.8) is 0 Å². The molecule has 0 amide bonds. The summed E-state index contributed by atoms with van der Waals surface area (Å²) in [6, 6.07) is 9.60. The van der Waals surface area contributed by atoms with E-state index in [1.54, 1.807) is 6.07 Å². The normalized spacial score (nSPS) is 10.7. The largest absolute Gasteiger partial charge is 0.491 e. The molecular weight excluding hydrogens is 202 g/mol. The predicted octanol–water partition coefficient (Wildman–Crippen LogP) is 2.45. The van der Waals surface area contributed by atoms with E-state index in [2.05, 4.69) is 10.2 Å². The molecule has 0 spiro atoms. The molecule has 0 saturated carbocycles. The minimum atomic E-state index is 0.187. The zero-order valence-electron chi connectivity index (χ0n) is 9.40. The number of ether oxygens (including phenoxy) is 1. The van der Waals surface area contributed by atoms with Crippen molar-refractivity contribution < 1.29 is 4.74 Å². The van der Waals surface area contributed by atoms with Gasteiger partial charge in [0.25, 0.3) is 0 Å². The monoisotopic (exact) mass is 217 g/mol. The zero-order chi connectivity index (χ0) is 11.5. The van der Waals surface area contributed by atoms with Crippen molar-refractivity contribution in [1.82, 2.24) is 10.2 Å². The van der Waals surface area contributed by atoms with Gasteiger partial charge in [0.05, 0.1) is 11.8 Å². The molecule has 4 heteroatoms. The molecule has 0 aliphatic heterocycles. The Bertz CT molecular complexity index is 459. The second-order valence-electron chi connectivity index (χ2n) is 3.90. The number of H-pyrrole nitrogens is 1. The van der Waals surface area contributed by atoms with Crippen molar-refractivity contribution in [3.05, 3.63) is 30.3 Å². The second-order valence-corrected chi connectivity index (χ2v) is 3.90. The number of nitrogens with two attached hydrogens (primary N) is 1. The molecule has 1 heterocycles. The SMILES string of the molecule is CC(C)Oc1ccc(-c2cc(N)[nH]n2)cc1. The Labute approximate surface area is 94.4 Å². The Balaban J connectivity index is 2.19. The highest BCUT2D eigenvalue weighted by Gasteiger charge is 2.03. The summed E-state index contributed by atoms with van der Waals surface area (Å²) in [4.78, 5) is 0. The molecule has 84 valence electrons. The lowest BCUT2D eigenvalue weighted by atomic mass is 10.1. The van der Waals surface area contributed by atoms with Gasteiger partial charge in [0, 0.05) is 11.6 Å². The van der Waals surface area contributed by atoms with Crippen molar-refractivity contribution in [2.24, 2.45) is 0 Å². The van der Waals surface area contributed by atoms with Crippen molar-refractivity contribution in [2.45, 2.75) is 20.0 Å². The first-order valence-corrected chi connectivity index (χ1v) is 5.23. The third-order valence-electron chi connectivity index (χ3n) is 2.12. The van der Waals surface area contributed by atoms with E-state index >= 15 is 0 Å². The summed E-state index contributed by atoms with van der Waals surface area (Å²) in [5.74, 6) is 1.43. The number of nitrogen functional groups attached to an aromatic ring is 1. The van der Waals surface area contributed by atoms with E-state index in [1.807, 2.05) is 38.1 Å². The highest BCUT2D eigenvalue weighted by atomic mass is 16.5. The van der Waals surface area contributed by atoms with Crippen LogP contribution in [0.4, 0.5) is 5.82 Å². The number of aromatic nitrogens is 2. The smallest absolute Gasteiger partial charge is 0.119 e. The first-order valence-electron chi connectivity index (χ1n) is 5.23. The predicted molar refractivity (Wildman–Crippen MR) is 64.2 cm³/mol. The lowest BCUT2D eigenvalue weighted by molar-refractivity contribution is 0.242. The van der Waals surface area contributed by atoms with Gasteiger partial charge in [0.15, 0.2) is 0 Å². The van der Waals surface area contributed by atoms with Crippen LogP contribution in [-0.2, 0) is 0 Å². The fraction of sp³-hybridized carbons (Fsp3) is 0.250. The number of nitrogens with zero attached hydrogens (tertiary/aromatic N) is 1. The molecule has 0 aliphatic rings. The molecule has 3 N–H and O–H groups in total. The molecule has 16 heavy (non-hydrogen) atoms. The van der Waals surface area contributed by atoms with Crippen molar-refractivity contribution in [1.29, 1.82) is 0 Å². The molecular formula is C12H15N3O. The van der Waals surface area contributed by atoms with E-state index in [0.29, 0.717) is 5.82 Å². The summed E-state index contributed by atoms with van der Waals surface area (Å²) in [5, 5.41) is 6.80. The topological polar surface area (TPSA) is 63.9 Å². The summed E-state index contributed by atoms with van der Waals surface area (Å²) >= 11 is 0. The van der Waals surface area contributed by atoms with Crippen LogP contribution < -0.4 is 10.5 Å². The first kappa shape index (κ1) is 10.5. The summed E-state index contributed by atoms with van der Waals surface area (Å²) < 4.78 is 5.56. The van der Waals surface area contributed by atoms with Crippen LogP contribution >= 0.6 is 0 Å². The fourth-order valence-corrected chi connectivity index (χ4v) is 1.46. The van der Waals surface area contributed by atoms with Crippen molar-refractivity contribution in [3.8, 4) is 17.0 Å². The Morgan fingerprint density at radius 2 is 1.94 bits per heavy atom. The Morgan fingerprint density at radius 3 is 2.44 bits per heavy atom. The lowest BCUT2D eigenvalue weighted by Gasteiger charge is -2.09. The number of hydrogen-bond donors (Lipinski definition) is 2. The molecule has 2 rings (SSSR count). The van der Waals surface area contributed by atoms with E-state index in [9.17, 15) is 0 Å². The maximum absolute atomic E-state index is 5.57. The maximum atomic E-state index is 5.57. The summed E-state index contributed by atoms with van der Waals surface area (Å²) in [6.07, 6.45) is 0.187. The number of hydrogen-bond acceptors (Lipinski definition) is 3. The average molecular weight is 217 g/mol. The van der Waals surface area contributed by atoms with E-state index in [1.165, 1.54) is 0 Å². The fourth-order valence-electron chi connectivity index (χ4n) is 1.46. The van der Waals surface area contributed by atoms with Crippen LogP contribution in [0.15, 0.2) is 30.3 Å². The van der Waals surface area contributed by atoms with Crippen LogP contribution in [-0.4, -0.2) is 16.3 Å². The molecule has 0 unspecified atom stereocenters. The van der Waals surface area contributed by atoms with E-state index in [-0.39, 0.29) is 6.10 Å². The van der Waals surface area contributed by atoms with Crippen LogP contribution in [0.1, 0.15) is 13.8 Å². The summed E-state index contributed by atoms with van der Waals surface area (Å²) in [7, 11) is 0. The Hall–Kier alpha value is -1.97. The number of rotatable bonds is 3.